The molecule has 164 valence electrons. The Bertz CT molecular complexity index is 877. The Balaban J connectivity index is 0.000000178. The van der Waals surface area contributed by atoms with E-state index in [9.17, 15) is 9.59 Å². The Morgan fingerprint density at radius 3 is 2.57 bits per heavy atom. The molecule has 0 radical (unpaired) electrons. The minimum Gasteiger partial charge on any atom is -0.444 e. The van der Waals surface area contributed by atoms with Crippen molar-refractivity contribution in [1.82, 2.24) is 19.6 Å². The number of amides is 2. The van der Waals surface area contributed by atoms with E-state index in [1.807, 2.05) is 39.2 Å². The van der Waals surface area contributed by atoms with Crippen LogP contribution in [0.4, 0.5) is 4.79 Å². The predicted octanol–water partition coefficient (Wildman–Crippen LogP) is 3.02. The number of carbonyl (C=O) groups is 2. The second-order valence-corrected chi connectivity index (χ2v) is 8.81. The number of carbonyl (C=O) groups excluding carboxylic acids is 2. The molecule has 2 fully saturated rings. The molecular formula is C22H32N4O4. The maximum absolute atomic E-state index is 11.5. The second kappa shape index (κ2) is 9.04. The number of aromatic nitrogens is 2. The molecule has 8 nitrogen and oxygen atoms in total. The van der Waals surface area contributed by atoms with Crippen LogP contribution in [-0.2, 0) is 19.8 Å². The Labute approximate surface area is 177 Å². The molecule has 1 saturated carbocycles. The van der Waals surface area contributed by atoms with Crippen molar-refractivity contribution in [1.29, 1.82) is 0 Å². The number of hydrogen-bond donors (Lipinski definition) is 1. The summed E-state index contributed by atoms with van der Waals surface area (Å²) in [6, 6.07) is 4.09. The van der Waals surface area contributed by atoms with Crippen molar-refractivity contribution < 1.29 is 19.1 Å². The first kappa shape index (κ1) is 22.1. The number of rotatable bonds is 3. The van der Waals surface area contributed by atoms with Crippen LogP contribution in [0.2, 0.25) is 0 Å². The fraction of sp³-hybridized carbons (Fsp3) is 0.591. The zero-order chi connectivity index (χ0) is 21.8. The number of imidazole rings is 1. The second-order valence-electron chi connectivity index (χ2n) is 8.81. The molecule has 30 heavy (non-hydrogen) atoms. The maximum atomic E-state index is 11.5. The molecule has 1 saturated heterocycles. The highest BCUT2D eigenvalue weighted by molar-refractivity contribution is 5.68. The molecule has 3 heterocycles. The molecule has 2 aliphatic rings. The third-order valence-electron chi connectivity index (χ3n) is 5.42. The lowest BCUT2D eigenvalue weighted by Gasteiger charge is -2.40. The normalized spacial score (nSPS) is 18.1. The van der Waals surface area contributed by atoms with Gasteiger partial charge in [-0.25, -0.2) is 9.78 Å². The lowest BCUT2D eigenvalue weighted by Crippen LogP contribution is -2.48. The van der Waals surface area contributed by atoms with Gasteiger partial charge in [-0.2, -0.15) is 0 Å². The monoisotopic (exact) mass is 416 g/mol. The van der Waals surface area contributed by atoms with E-state index in [4.69, 9.17) is 9.47 Å². The summed E-state index contributed by atoms with van der Waals surface area (Å²) in [6.07, 6.45) is 7.53. The van der Waals surface area contributed by atoms with Crippen molar-refractivity contribution in [2.75, 3.05) is 26.3 Å². The molecule has 0 atom stereocenters. The van der Waals surface area contributed by atoms with Crippen molar-refractivity contribution in [3.05, 3.63) is 35.9 Å². The number of pyridine rings is 1. The summed E-state index contributed by atoms with van der Waals surface area (Å²) in [4.78, 5) is 28.4. The van der Waals surface area contributed by atoms with Gasteiger partial charge in [0.15, 0.2) is 0 Å². The summed E-state index contributed by atoms with van der Waals surface area (Å²) in [5, 5.41) is 2.95. The van der Waals surface area contributed by atoms with Crippen molar-refractivity contribution in [3.8, 4) is 0 Å². The minimum atomic E-state index is -0.407. The molecule has 4 rings (SSSR count). The van der Waals surface area contributed by atoms with Crippen LogP contribution >= 0.6 is 0 Å². The van der Waals surface area contributed by atoms with Crippen LogP contribution in [0.3, 0.4) is 0 Å². The summed E-state index contributed by atoms with van der Waals surface area (Å²) in [6.45, 7) is 10.2. The SMILES string of the molecule is CC(C)(C)OC(=O)N1CCOCC1.Cc1cccn2c(C3(NC=O)CCC3)ncc12. The van der Waals surface area contributed by atoms with E-state index in [-0.39, 0.29) is 11.6 Å². The molecule has 1 N–H and O–H groups in total. The van der Waals surface area contributed by atoms with Gasteiger partial charge in [0.1, 0.15) is 11.4 Å². The summed E-state index contributed by atoms with van der Waals surface area (Å²) in [5.74, 6) is 0.953. The highest BCUT2D eigenvalue weighted by atomic mass is 16.6. The van der Waals surface area contributed by atoms with Crippen molar-refractivity contribution in [2.24, 2.45) is 0 Å². The van der Waals surface area contributed by atoms with Crippen molar-refractivity contribution in [3.63, 3.8) is 0 Å². The number of hydrogen-bond acceptors (Lipinski definition) is 5. The quantitative estimate of drug-likeness (QED) is 0.778. The number of nitrogens with one attached hydrogen (secondary N) is 1. The third-order valence-corrected chi connectivity index (χ3v) is 5.42. The fourth-order valence-electron chi connectivity index (χ4n) is 3.66. The van der Waals surface area contributed by atoms with Gasteiger partial charge in [-0.05, 0) is 58.6 Å². The van der Waals surface area contributed by atoms with Gasteiger partial charge in [-0.15, -0.1) is 0 Å². The standard InChI is InChI=1S/C13H15N3O.C9H17NO3/c1-10-4-2-7-16-11(10)8-14-12(16)13(15-9-17)5-3-6-13;1-9(2,3)13-8(11)10-4-6-12-7-5-10/h2,4,7-9H,3,5-6H2,1H3,(H,15,17);4-7H2,1-3H3. The summed E-state index contributed by atoms with van der Waals surface area (Å²) in [5.41, 5.74) is 1.66. The van der Waals surface area contributed by atoms with Crippen LogP contribution in [0.1, 0.15) is 51.4 Å². The van der Waals surface area contributed by atoms with E-state index in [1.54, 1.807) is 4.90 Å². The van der Waals surface area contributed by atoms with Gasteiger partial charge >= 0.3 is 6.09 Å². The summed E-state index contributed by atoms with van der Waals surface area (Å²) < 4.78 is 12.4. The Morgan fingerprint density at radius 1 is 1.30 bits per heavy atom. The minimum absolute atomic E-state index is 0.240. The van der Waals surface area contributed by atoms with E-state index in [0.717, 1.165) is 37.0 Å². The van der Waals surface area contributed by atoms with Gasteiger partial charge in [0.25, 0.3) is 0 Å². The smallest absolute Gasteiger partial charge is 0.410 e. The Kier molecular flexibility index (Phi) is 6.65. The van der Waals surface area contributed by atoms with Gasteiger partial charge in [0.05, 0.1) is 30.5 Å². The van der Waals surface area contributed by atoms with Gasteiger partial charge in [0.2, 0.25) is 6.41 Å². The fourth-order valence-corrected chi connectivity index (χ4v) is 3.66. The van der Waals surface area contributed by atoms with Crippen LogP contribution in [-0.4, -0.2) is 58.7 Å². The molecule has 1 aliphatic heterocycles. The first-order chi connectivity index (χ1) is 14.3. The molecule has 0 spiro atoms. The Morgan fingerprint density at radius 2 is 2.00 bits per heavy atom. The van der Waals surface area contributed by atoms with E-state index >= 15 is 0 Å². The van der Waals surface area contributed by atoms with Crippen molar-refractivity contribution >= 4 is 18.0 Å². The van der Waals surface area contributed by atoms with Crippen LogP contribution in [0.15, 0.2) is 24.5 Å². The predicted molar refractivity (Wildman–Crippen MR) is 113 cm³/mol. The topological polar surface area (TPSA) is 85.2 Å². The highest BCUT2D eigenvalue weighted by Gasteiger charge is 2.41. The molecule has 8 heteroatoms. The van der Waals surface area contributed by atoms with E-state index in [2.05, 4.69) is 27.7 Å². The number of fused-ring (bicyclic) bond motifs is 1. The maximum Gasteiger partial charge on any atom is 0.410 e. The average molecular weight is 417 g/mol. The van der Waals surface area contributed by atoms with Crippen LogP contribution in [0.5, 0.6) is 0 Å². The highest BCUT2D eigenvalue weighted by Crippen LogP contribution is 2.40. The van der Waals surface area contributed by atoms with Gasteiger partial charge in [-0.1, -0.05) is 6.07 Å². The molecule has 2 amide bonds. The lowest BCUT2D eigenvalue weighted by atomic mass is 9.76. The largest absolute Gasteiger partial charge is 0.444 e. The zero-order valence-corrected chi connectivity index (χ0v) is 18.3. The molecule has 2 aromatic rings. The molecule has 2 aromatic heterocycles. The van der Waals surface area contributed by atoms with Gasteiger partial charge < -0.3 is 24.1 Å². The first-order valence-electron chi connectivity index (χ1n) is 10.5. The molecule has 0 unspecified atom stereocenters. The molecule has 0 aromatic carbocycles. The first-order valence-corrected chi connectivity index (χ1v) is 10.5. The molecule has 0 bridgehead atoms. The summed E-state index contributed by atoms with van der Waals surface area (Å²) in [7, 11) is 0. The lowest BCUT2D eigenvalue weighted by molar-refractivity contribution is -0.112. The number of morpholine rings is 1. The van der Waals surface area contributed by atoms with Crippen LogP contribution < -0.4 is 5.32 Å². The molecular weight excluding hydrogens is 384 g/mol. The number of ether oxygens (including phenoxy) is 2. The Hall–Kier alpha value is -2.61. The van der Waals surface area contributed by atoms with Crippen LogP contribution in [0, 0.1) is 6.92 Å². The van der Waals surface area contributed by atoms with Gasteiger partial charge in [0, 0.05) is 19.3 Å². The van der Waals surface area contributed by atoms with Crippen molar-refractivity contribution in [2.45, 2.75) is 58.1 Å². The van der Waals surface area contributed by atoms with Crippen LogP contribution in [0.25, 0.3) is 5.52 Å². The number of aryl methyl sites for hydroxylation is 1. The zero-order valence-electron chi connectivity index (χ0n) is 18.3. The van der Waals surface area contributed by atoms with E-state index in [0.29, 0.717) is 26.3 Å². The van der Waals surface area contributed by atoms with Gasteiger partial charge in [-0.3, -0.25) is 4.79 Å². The third kappa shape index (κ3) is 4.92. The van der Waals surface area contributed by atoms with E-state index in [1.165, 1.54) is 5.56 Å². The molecule has 1 aliphatic carbocycles. The number of nitrogens with zero attached hydrogens (tertiary/aromatic N) is 3. The average Bonchev–Trinajstić information content (AvgIpc) is 3.10. The van der Waals surface area contributed by atoms with E-state index < -0.39 is 5.60 Å². The summed E-state index contributed by atoms with van der Waals surface area (Å²) >= 11 is 0.